The third-order valence-corrected chi connectivity index (χ3v) is 3.78. The molecule has 74 valence electrons. The van der Waals surface area contributed by atoms with Crippen molar-refractivity contribution < 1.29 is 9.90 Å². The Labute approximate surface area is 79.3 Å². The van der Waals surface area contributed by atoms with E-state index in [2.05, 4.69) is 0 Å². The lowest BCUT2D eigenvalue weighted by atomic mass is 9.67. The van der Waals surface area contributed by atoms with Gasteiger partial charge < -0.3 is 5.11 Å². The van der Waals surface area contributed by atoms with Gasteiger partial charge in [-0.1, -0.05) is 12.8 Å². The molecular formula is C11H18O2. The average Bonchev–Trinajstić information content (AvgIpc) is 2.19. The zero-order chi connectivity index (χ0) is 9.26. The Hall–Kier alpha value is -0.370. The monoisotopic (exact) mass is 182 g/mol. The molecule has 0 aliphatic heterocycles. The van der Waals surface area contributed by atoms with E-state index in [-0.39, 0.29) is 12.5 Å². The predicted molar refractivity (Wildman–Crippen MR) is 50.3 cm³/mol. The fourth-order valence-electron chi connectivity index (χ4n) is 2.97. The first-order chi connectivity index (χ1) is 6.33. The van der Waals surface area contributed by atoms with Crippen molar-refractivity contribution in [1.29, 1.82) is 0 Å². The van der Waals surface area contributed by atoms with E-state index in [1.165, 1.54) is 25.7 Å². The predicted octanol–water partition coefficient (Wildman–Crippen LogP) is 1.76. The van der Waals surface area contributed by atoms with Crippen LogP contribution in [0.3, 0.4) is 0 Å². The number of carbonyl (C=O) groups is 1. The minimum atomic E-state index is -0.0284. The number of hydrogen-bond acceptors (Lipinski definition) is 2. The Morgan fingerprint density at radius 3 is 2.69 bits per heavy atom. The van der Waals surface area contributed by atoms with Crippen LogP contribution >= 0.6 is 0 Å². The van der Waals surface area contributed by atoms with E-state index in [1.54, 1.807) is 0 Å². The normalized spacial score (nSPS) is 40.1. The van der Waals surface area contributed by atoms with Gasteiger partial charge in [-0.25, -0.2) is 0 Å². The highest BCUT2D eigenvalue weighted by molar-refractivity contribution is 5.84. The number of ketones is 1. The molecule has 1 N–H and O–H groups in total. The van der Waals surface area contributed by atoms with Gasteiger partial charge >= 0.3 is 0 Å². The molecule has 3 atom stereocenters. The molecule has 2 saturated carbocycles. The Balaban J connectivity index is 2.05. The van der Waals surface area contributed by atoms with Gasteiger partial charge in [0.25, 0.3) is 0 Å². The second-order valence-electron chi connectivity index (χ2n) is 4.51. The maximum Gasteiger partial charge on any atom is 0.141 e. The zero-order valence-electron chi connectivity index (χ0n) is 8.04. The molecule has 0 aromatic heterocycles. The Morgan fingerprint density at radius 2 is 1.92 bits per heavy atom. The summed E-state index contributed by atoms with van der Waals surface area (Å²) in [6, 6.07) is 0. The summed E-state index contributed by atoms with van der Waals surface area (Å²) in [4.78, 5) is 11.8. The number of hydrogen-bond donors (Lipinski definition) is 1. The van der Waals surface area contributed by atoms with Crippen LogP contribution in [0, 0.1) is 17.8 Å². The first-order valence-electron chi connectivity index (χ1n) is 5.47. The molecule has 0 aromatic rings. The maximum absolute atomic E-state index is 11.8. The van der Waals surface area contributed by atoms with Gasteiger partial charge in [-0.2, -0.15) is 0 Å². The van der Waals surface area contributed by atoms with Gasteiger partial charge in [0, 0.05) is 11.8 Å². The van der Waals surface area contributed by atoms with Gasteiger partial charge in [0.05, 0.1) is 6.61 Å². The third-order valence-electron chi connectivity index (χ3n) is 3.78. The molecule has 0 bridgehead atoms. The fraction of sp³-hybridized carbons (Fsp3) is 0.909. The summed E-state index contributed by atoms with van der Waals surface area (Å²) in [5, 5.41) is 9.03. The molecule has 13 heavy (non-hydrogen) atoms. The molecule has 2 aliphatic rings. The van der Waals surface area contributed by atoms with E-state index in [9.17, 15) is 4.79 Å². The first-order valence-corrected chi connectivity index (χ1v) is 5.47. The van der Waals surface area contributed by atoms with Crippen LogP contribution in [0.15, 0.2) is 0 Å². The van der Waals surface area contributed by atoms with E-state index in [1.807, 2.05) is 0 Å². The number of carbonyl (C=O) groups excluding carboxylic acids is 1. The number of aliphatic hydroxyl groups excluding tert-OH is 1. The van der Waals surface area contributed by atoms with Crippen molar-refractivity contribution in [3.05, 3.63) is 0 Å². The summed E-state index contributed by atoms with van der Waals surface area (Å²) >= 11 is 0. The summed E-state index contributed by atoms with van der Waals surface area (Å²) in [6.45, 7) is 0.0715. The third kappa shape index (κ3) is 1.64. The molecule has 2 heteroatoms. The zero-order valence-corrected chi connectivity index (χ0v) is 8.04. The molecule has 2 aliphatic carbocycles. The molecule has 2 nitrogen and oxygen atoms in total. The Bertz CT molecular complexity index is 200. The molecule has 0 amide bonds. The summed E-state index contributed by atoms with van der Waals surface area (Å²) in [5.41, 5.74) is 0. The fourth-order valence-corrected chi connectivity index (χ4v) is 2.97. The van der Waals surface area contributed by atoms with E-state index >= 15 is 0 Å². The van der Waals surface area contributed by atoms with Gasteiger partial charge in [0.2, 0.25) is 0 Å². The largest absolute Gasteiger partial charge is 0.396 e. The molecule has 0 radical (unpaired) electrons. The van der Waals surface area contributed by atoms with Crippen molar-refractivity contribution in [3.8, 4) is 0 Å². The van der Waals surface area contributed by atoms with Crippen molar-refractivity contribution >= 4 is 5.78 Å². The summed E-state index contributed by atoms with van der Waals surface area (Å²) in [5.74, 6) is 1.29. The van der Waals surface area contributed by atoms with Crippen LogP contribution in [0.25, 0.3) is 0 Å². The Kier molecular flexibility index (Phi) is 2.68. The molecule has 0 aromatic carbocycles. The van der Waals surface area contributed by atoms with Crippen molar-refractivity contribution in [2.75, 3.05) is 6.61 Å². The number of fused-ring (bicyclic) bond motifs is 1. The molecule has 0 spiro atoms. The number of aliphatic hydroxyl groups is 1. The SMILES string of the molecule is O=C1C(CO)CCC2CCCCC12. The van der Waals surface area contributed by atoms with Crippen LogP contribution in [0.4, 0.5) is 0 Å². The second-order valence-corrected chi connectivity index (χ2v) is 4.51. The van der Waals surface area contributed by atoms with Crippen molar-refractivity contribution in [2.45, 2.75) is 38.5 Å². The van der Waals surface area contributed by atoms with Crippen molar-refractivity contribution in [1.82, 2.24) is 0 Å². The van der Waals surface area contributed by atoms with Crippen LogP contribution in [0.5, 0.6) is 0 Å². The average molecular weight is 182 g/mol. The second kappa shape index (κ2) is 3.79. The lowest BCUT2D eigenvalue weighted by Gasteiger charge is -2.37. The van der Waals surface area contributed by atoms with Crippen LogP contribution in [-0.2, 0) is 4.79 Å². The molecule has 3 unspecified atom stereocenters. The molecule has 2 rings (SSSR count). The molecule has 0 saturated heterocycles. The lowest BCUT2D eigenvalue weighted by molar-refractivity contribution is -0.134. The standard InChI is InChI=1S/C11H18O2/c12-7-9-6-5-8-3-1-2-4-10(8)11(9)13/h8-10,12H,1-7H2. The van der Waals surface area contributed by atoms with Gasteiger partial charge in [-0.3, -0.25) is 4.79 Å². The highest BCUT2D eigenvalue weighted by Gasteiger charge is 2.38. The molecule has 0 heterocycles. The van der Waals surface area contributed by atoms with Crippen LogP contribution < -0.4 is 0 Å². The number of Topliss-reactive ketones (excluding diaryl/α,β-unsaturated/α-hetero) is 1. The highest BCUT2D eigenvalue weighted by Crippen LogP contribution is 2.40. The van der Waals surface area contributed by atoms with Gasteiger partial charge in [-0.05, 0) is 31.6 Å². The first kappa shape index (κ1) is 9.20. The quantitative estimate of drug-likeness (QED) is 0.671. The van der Waals surface area contributed by atoms with Gasteiger partial charge in [-0.15, -0.1) is 0 Å². The van der Waals surface area contributed by atoms with E-state index in [4.69, 9.17) is 5.11 Å². The summed E-state index contributed by atoms with van der Waals surface area (Å²) in [6.07, 6.45) is 6.94. The van der Waals surface area contributed by atoms with Crippen LogP contribution in [0.1, 0.15) is 38.5 Å². The van der Waals surface area contributed by atoms with Crippen molar-refractivity contribution in [3.63, 3.8) is 0 Å². The van der Waals surface area contributed by atoms with Crippen LogP contribution in [0.2, 0.25) is 0 Å². The van der Waals surface area contributed by atoms with Gasteiger partial charge in [0.15, 0.2) is 0 Å². The van der Waals surface area contributed by atoms with E-state index < -0.39 is 0 Å². The number of rotatable bonds is 1. The van der Waals surface area contributed by atoms with E-state index in [0.29, 0.717) is 17.6 Å². The summed E-state index contributed by atoms with van der Waals surface area (Å²) in [7, 11) is 0. The van der Waals surface area contributed by atoms with Gasteiger partial charge in [0.1, 0.15) is 5.78 Å². The Morgan fingerprint density at radius 1 is 1.15 bits per heavy atom. The molecular weight excluding hydrogens is 164 g/mol. The minimum Gasteiger partial charge on any atom is -0.396 e. The lowest BCUT2D eigenvalue weighted by Crippen LogP contribution is -2.38. The minimum absolute atomic E-state index is 0.0284. The maximum atomic E-state index is 11.8. The van der Waals surface area contributed by atoms with E-state index in [0.717, 1.165) is 12.8 Å². The van der Waals surface area contributed by atoms with Crippen molar-refractivity contribution in [2.24, 2.45) is 17.8 Å². The highest BCUT2D eigenvalue weighted by atomic mass is 16.3. The smallest absolute Gasteiger partial charge is 0.141 e. The topological polar surface area (TPSA) is 37.3 Å². The van der Waals surface area contributed by atoms with Crippen LogP contribution in [-0.4, -0.2) is 17.5 Å². The summed E-state index contributed by atoms with van der Waals surface area (Å²) < 4.78 is 0. The molecule has 2 fully saturated rings.